The SMILES string of the molecule is Cc1cc(C(=O)Nc2ccccc2OCC2CC2)cc(C)c1OCC(=O)O. The maximum absolute atomic E-state index is 12.7. The molecular formula is C21H23NO5. The van der Waals surface area contributed by atoms with E-state index >= 15 is 0 Å². The fourth-order valence-electron chi connectivity index (χ4n) is 2.83. The number of hydrogen-bond acceptors (Lipinski definition) is 4. The fourth-order valence-corrected chi connectivity index (χ4v) is 2.83. The Morgan fingerprint density at radius 3 is 2.41 bits per heavy atom. The second-order valence-corrected chi connectivity index (χ2v) is 6.83. The van der Waals surface area contributed by atoms with Crippen LogP contribution in [-0.2, 0) is 4.79 Å². The molecule has 1 saturated carbocycles. The van der Waals surface area contributed by atoms with Gasteiger partial charge < -0.3 is 19.9 Å². The minimum Gasteiger partial charge on any atom is -0.491 e. The number of aryl methyl sites for hydroxylation is 2. The summed E-state index contributed by atoms with van der Waals surface area (Å²) in [6, 6.07) is 10.8. The van der Waals surface area contributed by atoms with E-state index in [2.05, 4.69) is 5.32 Å². The monoisotopic (exact) mass is 369 g/mol. The summed E-state index contributed by atoms with van der Waals surface area (Å²) in [5.74, 6) is 0.471. The number of rotatable bonds is 8. The number of para-hydroxylation sites is 2. The van der Waals surface area contributed by atoms with Crippen molar-refractivity contribution in [1.29, 1.82) is 0 Å². The molecule has 0 aromatic heterocycles. The third-order valence-corrected chi connectivity index (χ3v) is 4.37. The highest BCUT2D eigenvalue weighted by Gasteiger charge is 2.22. The van der Waals surface area contributed by atoms with Crippen LogP contribution in [0.4, 0.5) is 5.69 Å². The molecule has 0 unspecified atom stereocenters. The molecule has 0 saturated heterocycles. The van der Waals surface area contributed by atoms with Crippen molar-refractivity contribution in [2.45, 2.75) is 26.7 Å². The van der Waals surface area contributed by atoms with Crippen LogP contribution in [0.25, 0.3) is 0 Å². The highest BCUT2D eigenvalue weighted by Crippen LogP contribution is 2.32. The van der Waals surface area contributed by atoms with Gasteiger partial charge in [0.05, 0.1) is 12.3 Å². The molecule has 1 fully saturated rings. The first-order valence-electron chi connectivity index (χ1n) is 8.93. The Balaban J connectivity index is 1.73. The molecule has 1 amide bonds. The number of ether oxygens (including phenoxy) is 2. The van der Waals surface area contributed by atoms with Gasteiger partial charge in [0.15, 0.2) is 6.61 Å². The van der Waals surface area contributed by atoms with E-state index in [1.807, 2.05) is 24.3 Å². The van der Waals surface area contributed by atoms with Crippen LogP contribution in [0.3, 0.4) is 0 Å². The minimum absolute atomic E-state index is 0.256. The standard InChI is InChI=1S/C21H23NO5/c1-13-9-16(10-14(2)20(13)27-12-19(23)24)21(25)22-17-5-3-4-6-18(17)26-11-15-7-8-15/h3-6,9-10,15H,7-8,11-12H2,1-2H3,(H,22,25)(H,23,24). The van der Waals surface area contributed by atoms with Crippen molar-refractivity contribution >= 4 is 17.6 Å². The van der Waals surface area contributed by atoms with E-state index in [1.54, 1.807) is 26.0 Å². The second-order valence-electron chi connectivity index (χ2n) is 6.83. The number of benzene rings is 2. The molecule has 27 heavy (non-hydrogen) atoms. The molecule has 0 atom stereocenters. The quantitative estimate of drug-likeness (QED) is 0.739. The van der Waals surface area contributed by atoms with Gasteiger partial charge in [-0.15, -0.1) is 0 Å². The third kappa shape index (κ3) is 5.00. The first kappa shape index (κ1) is 18.8. The number of carbonyl (C=O) groups excluding carboxylic acids is 1. The summed E-state index contributed by atoms with van der Waals surface area (Å²) in [6.45, 7) is 3.82. The molecule has 0 aliphatic heterocycles. The summed E-state index contributed by atoms with van der Waals surface area (Å²) in [7, 11) is 0. The lowest BCUT2D eigenvalue weighted by Gasteiger charge is -2.15. The van der Waals surface area contributed by atoms with E-state index < -0.39 is 12.6 Å². The van der Waals surface area contributed by atoms with Crippen LogP contribution < -0.4 is 14.8 Å². The van der Waals surface area contributed by atoms with Crippen LogP contribution in [0.15, 0.2) is 36.4 Å². The van der Waals surface area contributed by atoms with E-state index in [0.717, 1.165) is 0 Å². The molecule has 1 aliphatic carbocycles. The second kappa shape index (κ2) is 8.12. The highest BCUT2D eigenvalue weighted by atomic mass is 16.5. The van der Waals surface area contributed by atoms with Crippen LogP contribution in [0.5, 0.6) is 11.5 Å². The van der Waals surface area contributed by atoms with Gasteiger partial charge in [0.2, 0.25) is 0 Å². The summed E-state index contributed by atoms with van der Waals surface area (Å²) in [4.78, 5) is 23.4. The summed E-state index contributed by atoms with van der Waals surface area (Å²) in [5, 5.41) is 11.7. The lowest BCUT2D eigenvalue weighted by Crippen LogP contribution is -2.15. The van der Waals surface area contributed by atoms with Crippen molar-refractivity contribution in [2.24, 2.45) is 5.92 Å². The number of amides is 1. The van der Waals surface area contributed by atoms with Gasteiger partial charge in [-0.2, -0.15) is 0 Å². The van der Waals surface area contributed by atoms with Gasteiger partial charge >= 0.3 is 5.97 Å². The molecule has 6 nitrogen and oxygen atoms in total. The lowest BCUT2D eigenvalue weighted by molar-refractivity contribution is -0.139. The first-order valence-corrected chi connectivity index (χ1v) is 8.93. The Kier molecular flexibility index (Phi) is 5.64. The normalized spacial score (nSPS) is 13.1. The number of nitrogens with one attached hydrogen (secondary N) is 1. The smallest absolute Gasteiger partial charge is 0.341 e. The maximum atomic E-state index is 12.7. The van der Waals surface area contributed by atoms with Crippen molar-refractivity contribution in [3.63, 3.8) is 0 Å². The number of carboxylic acid groups (broad SMARTS) is 1. The predicted octanol–water partition coefficient (Wildman–Crippen LogP) is 3.81. The van der Waals surface area contributed by atoms with Crippen molar-refractivity contribution in [1.82, 2.24) is 0 Å². The Bertz CT molecular complexity index is 834. The van der Waals surface area contributed by atoms with Gasteiger partial charge in [-0.25, -0.2) is 4.79 Å². The van der Waals surface area contributed by atoms with Gasteiger partial charge in [0.1, 0.15) is 11.5 Å². The Morgan fingerprint density at radius 2 is 1.78 bits per heavy atom. The van der Waals surface area contributed by atoms with Crippen LogP contribution in [0.1, 0.15) is 34.3 Å². The number of aliphatic carboxylic acids is 1. The van der Waals surface area contributed by atoms with Crippen molar-refractivity contribution in [3.05, 3.63) is 53.1 Å². The van der Waals surface area contributed by atoms with Gasteiger partial charge in [-0.1, -0.05) is 12.1 Å². The molecule has 0 radical (unpaired) electrons. The van der Waals surface area contributed by atoms with Crippen LogP contribution in [-0.4, -0.2) is 30.2 Å². The maximum Gasteiger partial charge on any atom is 0.341 e. The van der Waals surface area contributed by atoms with Crippen molar-refractivity contribution < 1.29 is 24.2 Å². The molecule has 2 N–H and O–H groups in total. The van der Waals surface area contributed by atoms with Gasteiger partial charge in [0, 0.05) is 5.56 Å². The molecule has 6 heteroatoms. The molecule has 2 aromatic carbocycles. The Morgan fingerprint density at radius 1 is 1.11 bits per heavy atom. The average Bonchev–Trinajstić information content (AvgIpc) is 3.44. The number of carboxylic acids is 1. The Labute approximate surface area is 158 Å². The van der Waals surface area contributed by atoms with Gasteiger partial charge in [0.25, 0.3) is 5.91 Å². The summed E-state index contributed by atoms with van der Waals surface area (Å²) < 4.78 is 11.1. The summed E-state index contributed by atoms with van der Waals surface area (Å²) in [6.07, 6.45) is 2.40. The fraction of sp³-hybridized carbons (Fsp3) is 0.333. The predicted molar refractivity (Wildman–Crippen MR) is 102 cm³/mol. The highest BCUT2D eigenvalue weighted by molar-refractivity contribution is 6.05. The topological polar surface area (TPSA) is 84.9 Å². The molecule has 2 aromatic rings. The number of hydrogen-bond donors (Lipinski definition) is 2. The van der Waals surface area contributed by atoms with Crippen molar-refractivity contribution in [2.75, 3.05) is 18.5 Å². The molecular weight excluding hydrogens is 346 g/mol. The molecule has 1 aliphatic rings. The molecule has 3 rings (SSSR count). The van der Waals surface area contributed by atoms with E-state index in [9.17, 15) is 9.59 Å². The molecule has 0 heterocycles. The first-order chi connectivity index (χ1) is 12.9. The molecule has 142 valence electrons. The van der Waals surface area contributed by atoms with E-state index in [0.29, 0.717) is 46.4 Å². The zero-order valence-corrected chi connectivity index (χ0v) is 15.5. The van der Waals surface area contributed by atoms with Crippen LogP contribution in [0, 0.1) is 19.8 Å². The minimum atomic E-state index is -1.04. The van der Waals surface area contributed by atoms with Crippen LogP contribution >= 0.6 is 0 Å². The van der Waals surface area contributed by atoms with Crippen molar-refractivity contribution in [3.8, 4) is 11.5 Å². The van der Waals surface area contributed by atoms with Gasteiger partial charge in [-0.3, -0.25) is 4.79 Å². The van der Waals surface area contributed by atoms with Gasteiger partial charge in [-0.05, 0) is 68.0 Å². The summed E-state index contributed by atoms with van der Waals surface area (Å²) >= 11 is 0. The number of carbonyl (C=O) groups is 2. The zero-order valence-electron chi connectivity index (χ0n) is 15.5. The van der Waals surface area contributed by atoms with E-state index in [1.165, 1.54) is 12.8 Å². The average molecular weight is 369 g/mol. The zero-order chi connectivity index (χ0) is 19.4. The lowest BCUT2D eigenvalue weighted by atomic mass is 10.0. The summed E-state index contributed by atoms with van der Waals surface area (Å²) in [5.41, 5.74) is 2.52. The molecule has 0 spiro atoms. The largest absolute Gasteiger partial charge is 0.491 e. The Hall–Kier alpha value is -3.02. The third-order valence-electron chi connectivity index (χ3n) is 4.37. The van der Waals surface area contributed by atoms with E-state index in [-0.39, 0.29) is 5.91 Å². The van der Waals surface area contributed by atoms with E-state index in [4.69, 9.17) is 14.6 Å². The molecule has 0 bridgehead atoms. The number of anilines is 1. The van der Waals surface area contributed by atoms with Crippen LogP contribution in [0.2, 0.25) is 0 Å².